The van der Waals surface area contributed by atoms with Crippen LogP contribution in [0.15, 0.2) is 18.2 Å². The molecule has 1 aromatic rings. The maximum absolute atomic E-state index is 3.15. The normalized spacial score (nSPS) is 8.08. The molecular weight excluding hydrogens is 134 g/mol. The number of hydrogen-bond acceptors (Lipinski definition) is 0. The van der Waals surface area contributed by atoms with Gasteiger partial charge < -0.3 is 12.1 Å². The first-order valence-electron chi connectivity index (χ1n) is 3.80. The summed E-state index contributed by atoms with van der Waals surface area (Å²) in [5.41, 5.74) is 1.21. The molecule has 0 spiro atoms. The van der Waals surface area contributed by atoms with Gasteiger partial charge in [0.15, 0.2) is 0 Å². The third kappa shape index (κ3) is 5.99. The number of rotatable bonds is 3. The second-order valence-electron chi connectivity index (χ2n) is 2.40. The van der Waals surface area contributed by atoms with Crippen LogP contribution in [-0.2, 0) is 6.42 Å². The predicted octanol–water partition coefficient (Wildman–Crippen LogP) is -3.36. The monoisotopic (exact) mass is 146 g/mol. The number of unbranched alkanes of at least 4 members (excludes halogenated alkanes) is 1. The third-order valence-electron chi connectivity index (χ3n) is 1.49. The molecule has 0 aliphatic carbocycles. The van der Waals surface area contributed by atoms with Crippen molar-refractivity contribution in [3.63, 3.8) is 0 Å². The molecule has 0 radical (unpaired) electrons. The Morgan fingerprint density at radius 3 is 2.25 bits per heavy atom. The van der Waals surface area contributed by atoms with Crippen molar-refractivity contribution in [2.24, 2.45) is 0 Å². The first-order valence-corrected chi connectivity index (χ1v) is 3.80. The SMILES string of the molecule is CCCCc1[c-]ccc[c-]1.[Li+].[Li+]. The molecule has 0 amide bonds. The van der Waals surface area contributed by atoms with Crippen LogP contribution in [0.4, 0.5) is 0 Å². The van der Waals surface area contributed by atoms with Gasteiger partial charge in [0.2, 0.25) is 0 Å². The summed E-state index contributed by atoms with van der Waals surface area (Å²) in [6.07, 6.45) is 3.62. The van der Waals surface area contributed by atoms with Crippen molar-refractivity contribution in [3.05, 3.63) is 35.9 Å². The summed E-state index contributed by atoms with van der Waals surface area (Å²) in [5, 5.41) is 0. The first kappa shape index (κ1) is 14.9. The first-order chi connectivity index (χ1) is 4.93. The molecule has 0 unspecified atom stereocenters. The van der Waals surface area contributed by atoms with E-state index in [0.29, 0.717) is 0 Å². The van der Waals surface area contributed by atoms with Crippen LogP contribution < -0.4 is 37.7 Å². The van der Waals surface area contributed by atoms with Gasteiger partial charge in [-0.2, -0.15) is 0 Å². The maximum Gasteiger partial charge on any atom is 1.00 e. The van der Waals surface area contributed by atoms with Crippen LogP contribution in [-0.4, -0.2) is 0 Å². The van der Waals surface area contributed by atoms with E-state index in [1.807, 2.05) is 18.2 Å². The van der Waals surface area contributed by atoms with Gasteiger partial charge >= 0.3 is 37.7 Å². The fraction of sp³-hybridized carbons (Fsp3) is 0.400. The van der Waals surface area contributed by atoms with Crippen LogP contribution in [0.5, 0.6) is 0 Å². The number of benzene rings is 1. The molecule has 0 nitrogen and oxygen atoms in total. The van der Waals surface area contributed by atoms with Crippen LogP contribution in [0, 0.1) is 12.1 Å². The molecule has 0 atom stereocenters. The quantitative estimate of drug-likeness (QED) is 0.308. The number of hydrogen-bond donors (Lipinski definition) is 0. The Morgan fingerprint density at radius 2 is 1.75 bits per heavy atom. The Kier molecular flexibility index (Phi) is 11.8. The Bertz CT molecular complexity index is 172. The van der Waals surface area contributed by atoms with Crippen LogP contribution >= 0.6 is 0 Å². The zero-order chi connectivity index (χ0) is 7.23. The van der Waals surface area contributed by atoms with E-state index < -0.39 is 0 Å². The maximum atomic E-state index is 3.15. The summed E-state index contributed by atoms with van der Waals surface area (Å²) < 4.78 is 0. The summed E-state index contributed by atoms with van der Waals surface area (Å²) in [6, 6.07) is 12.1. The van der Waals surface area contributed by atoms with Gasteiger partial charge in [-0.3, -0.25) is 23.8 Å². The van der Waals surface area contributed by atoms with E-state index in [1.165, 1.54) is 18.4 Å². The number of aryl methyl sites for hydroxylation is 1. The molecule has 1 rings (SSSR count). The summed E-state index contributed by atoms with van der Waals surface area (Å²) in [7, 11) is 0. The van der Waals surface area contributed by atoms with E-state index >= 15 is 0 Å². The van der Waals surface area contributed by atoms with Crippen LogP contribution in [0.3, 0.4) is 0 Å². The van der Waals surface area contributed by atoms with E-state index in [2.05, 4.69) is 19.1 Å². The predicted molar refractivity (Wildman–Crippen MR) is 42.7 cm³/mol. The Balaban J connectivity index is 0. The van der Waals surface area contributed by atoms with Crippen LogP contribution in [0.1, 0.15) is 25.3 Å². The molecule has 0 heterocycles. The second-order valence-corrected chi connectivity index (χ2v) is 2.40. The average Bonchev–Trinajstić information content (AvgIpc) is 2.03. The van der Waals surface area contributed by atoms with E-state index in [-0.39, 0.29) is 37.7 Å². The van der Waals surface area contributed by atoms with Gasteiger partial charge in [-0.25, -0.2) is 0 Å². The minimum absolute atomic E-state index is 0. The van der Waals surface area contributed by atoms with Crippen molar-refractivity contribution in [2.45, 2.75) is 26.2 Å². The largest absolute Gasteiger partial charge is 1.00 e. The Labute approximate surface area is 99.5 Å². The van der Waals surface area contributed by atoms with Crippen molar-refractivity contribution in [2.75, 3.05) is 0 Å². The standard InChI is InChI=1S/C10H12.2Li/c1-2-3-7-10-8-5-4-6-9-10;;/h4-6H,2-3,7H2,1H3;;/q-2;2*+1. The topological polar surface area (TPSA) is 0 Å². The molecule has 54 valence electrons. The molecule has 0 fully saturated rings. The minimum atomic E-state index is 0. The van der Waals surface area contributed by atoms with E-state index in [1.54, 1.807) is 0 Å². The van der Waals surface area contributed by atoms with Gasteiger partial charge in [0.05, 0.1) is 0 Å². The molecule has 2 heteroatoms. The van der Waals surface area contributed by atoms with Crippen molar-refractivity contribution in [1.29, 1.82) is 0 Å². The van der Waals surface area contributed by atoms with E-state index in [9.17, 15) is 0 Å². The Hall–Kier alpha value is 0.415. The molecule has 0 saturated heterocycles. The van der Waals surface area contributed by atoms with Gasteiger partial charge in [-0.15, -0.1) is 0 Å². The van der Waals surface area contributed by atoms with Gasteiger partial charge in [0.1, 0.15) is 0 Å². The third-order valence-corrected chi connectivity index (χ3v) is 1.49. The van der Waals surface area contributed by atoms with Crippen molar-refractivity contribution < 1.29 is 37.7 Å². The smallest absolute Gasteiger partial charge is 0.356 e. The van der Waals surface area contributed by atoms with Crippen LogP contribution in [0.25, 0.3) is 0 Å². The second kappa shape index (κ2) is 9.50. The zero-order valence-electron chi connectivity index (χ0n) is 8.35. The van der Waals surface area contributed by atoms with Crippen molar-refractivity contribution in [3.8, 4) is 0 Å². The molecule has 0 aliphatic rings. The summed E-state index contributed by atoms with van der Waals surface area (Å²) in [4.78, 5) is 0. The molecule has 12 heavy (non-hydrogen) atoms. The molecule has 0 N–H and O–H groups in total. The molecule has 1 aromatic carbocycles. The summed E-state index contributed by atoms with van der Waals surface area (Å²) in [6.45, 7) is 2.20. The molecule has 0 aliphatic heterocycles. The summed E-state index contributed by atoms with van der Waals surface area (Å²) in [5.74, 6) is 0. The van der Waals surface area contributed by atoms with Gasteiger partial charge in [0.25, 0.3) is 0 Å². The van der Waals surface area contributed by atoms with Gasteiger partial charge in [-0.1, -0.05) is 26.2 Å². The van der Waals surface area contributed by atoms with E-state index in [0.717, 1.165) is 6.42 Å². The van der Waals surface area contributed by atoms with Crippen molar-refractivity contribution >= 4 is 0 Å². The fourth-order valence-electron chi connectivity index (χ4n) is 0.885. The average molecular weight is 146 g/mol. The zero-order valence-corrected chi connectivity index (χ0v) is 8.35. The van der Waals surface area contributed by atoms with Gasteiger partial charge in [-0.05, 0) is 0 Å². The van der Waals surface area contributed by atoms with Crippen molar-refractivity contribution in [1.82, 2.24) is 0 Å². The van der Waals surface area contributed by atoms with E-state index in [4.69, 9.17) is 0 Å². The minimum Gasteiger partial charge on any atom is -0.356 e. The molecule has 0 aromatic heterocycles. The fourth-order valence-corrected chi connectivity index (χ4v) is 0.885. The van der Waals surface area contributed by atoms with Crippen LogP contribution in [0.2, 0.25) is 0 Å². The summed E-state index contributed by atoms with van der Waals surface area (Å²) >= 11 is 0. The van der Waals surface area contributed by atoms with Gasteiger partial charge in [0, 0.05) is 0 Å². The molecule has 0 bridgehead atoms. The molecule has 0 saturated carbocycles. The Morgan fingerprint density at radius 1 is 1.17 bits per heavy atom. The molecular formula is C10H12Li2.